The highest BCUT2D eigenvalue weighted by molar-refractivity contribution is 6.03. The maximum Gasteiger partial charge on any atom is 0.337 e. The highest BCUT2D eigenvalue weighted by Crippen LogP contribution is 2.21. The minimum atomic E-state index is -0.418. The molecule has 0 radical (unpaired) electrons. The van der Waals surface area contributed by atoms with Crippen LogP contribution in [0.25, 0.3) is 0 Å². The molecular formula is C17H22ClN5O3. The average molecular weight is 380 g/mol. The van der Waals surface area contributed by atoms with Gasteiger partial charge < -0.3 is 15.4 Å². The molecule has 1 aliphatic rings. The summed E-state index contributed by atoms with van der Waals surface area (Å²) in [7, 11) is 1.33. The second-order valence-electron chi connectivity index (χ2n) is 5.97. The van der Waals surface area contributed by atoms with Crippen LogP contribution in [-0.4, -0.2) is 47.1 Å². The van der Waals surface area contributed by atoms with E-state index in [4.69, 9.17) is 0 Å². The number of amides is 1. The number of hydrogen-bond donors (Lipinski definition) is 2. The van der Waals surface area contributed by atoms with E-state index in [1.165, 1.54) is 7.11 Å². The summed E-state index contributed by atoms with van der Waals surface area (Å²) in [6, 6.07) is 6.77. The smallest absolute Gasteiger partial charge is 0.337 e. The lowest BCUT2D eigenvalue weighted by Crippen LogP contribution is -2.30. The molecule has 1 aromatic carbocycles. The monoisotopic (exact) mass is 379 g/mol. The van der Waals surface area contributed by atoms with E-state index >= 15 is 0 Å². The standard InChI is InChI=1S/C17H21N5O3.ClH/c1-11-15(20-21-22(11)14-7-9-18-10-8-14)16(23)19-13-5-3-12(4-6-13)17(24)25-2;/h3-6,14,18H,7-10H2,1-2H3,(H,19,23);1H. The van der Waals surface area contributed by atoms with Gasteiger partial charge in [0.15, 0.2) is 5.69 Å². The van der Waals surface area contributed by atoms with Crippen LogP contribution in [0.3, 0.4) is 0 Å². The Morgan fingerprint density at radius 1 is 1.23 bits per heavy atom. The second-order valence-corrected chi connectivity index (χ2v) is 5.97. The first-order valence-corrected chi connectivity index (χ1v) is 8.22. The number of rotatable bonds is 4. The third-order valence-corrected chi connectivity index (χ3v) is 4.36. The van der Waals surface area contributed by atoms with Crippen LogP contribution >= 0.6 is 12.4 Å². The molecule has 1 saturated heterocycles. The Morgan fingerprint density at radius 2 is 1.88 bits per heavy atom. The molecule has 0 bridgehead atoms. The van der Waals surface area contributed by atoms with Gasteiger partial charge in [0.1, 0.15) is 0 Å². The van der Waals surface area contributed by atoms with Crippen molar-refractivity contribution in [2.75, 3.05) is 25.5 Å². The largest absolute Gasteiger partial charge is 0.465 e. The number of nitrogens with zero attached hydrogens (tertiary/aromatic N) is 3. The predicted octanol–water partition coefficient (Wildman–Crippen LogP) is 1.97. The molecule has 1 amide bonds. The normalized spacial score (nSPS) is 14.4. The zero-order valence-electron chi connectivity index (χ0n) is 14.7. The van der Waals surface area contributed by atoms with Crippen molar-refractivity contribution in [3.63, 3.8) is 0 Å². The fraction of sp³-hybridized carbons (Fsp3) is 0.412. The van der Waals surface area contributed by atoms with Crippen molar-refractivity contribution < 1.29 is 14.3 Å². The highest BCUT2D eigenvalue weighted by Gasteiger charge is 2.23. The Bertz CT molecular complexity index is 769. The third-order valence-electron chi connectivity index (χ3n) is 4.36. The number of aromatic nitrogens is 3. The molecule has 1 aromatic heterocycles. The minimum Gasteiger partial charge on any atom is -0.465 e. The Hall–Kier alpha value is -2.45. The van der Waals surface area contributed by atoms with Gasteiger partial charge in [0.25, 0.3) is 5.91 Å². The zero-order chi connectivity index (χ0) is 17.8. The summed E-state index contributed by atoms with van der Waals surface area (Å²) < 4.78 is 6.49. The molecule has 0 spiro atoms. The number of esters is 1. The van der Waals surface area contributed by atoms with Crippen LogP contribution in [-0.2, 0) is 4.74 Å². The summed E-state index contributed by atoms with van der Waals surface area (Å²) in [6.07, 6.45) is 1.94. The molecule has 140 valence electrons. The van der Waals surface area contributed by atoms with Gasteiger partial charge in [-0.15, -0.1) is 17.5 Å². The fourth-order valence-corrected chi connectivity index (χ4v) is 2.95. The van der Waals surface area contributed by atoms with Crippen molar-refractivity contribution in [3.05, 3.63) is 41.2 Å². The number of anilines is 1. The SMILES string of the molecule is COC(=O)c1ccc(NC(=O)c2nnn(C3CCNCC3)c2C)cc1.Cl. The van der Waals surface area contributed by atoms with Gasteiger partial charge in [0.05, 0.1) is 24.4 Å². The van der Waals surface area contributed by atoms with Gasteiger partial charge in [0, 0.05) is 5.69 Å². The van der Waals surface area contributed by atoms with Crippen molar-refractivity contribution in [2.24, 2.45) is 0 Å². The Labute approximate surface area is 157 Å². The van der Waals surface area contributed by atoms with Gasteiger partial charge in [-0.25, -0.2) is 9.48 Å². The van der Waals surface area contributed by atoms with Crippen molar-refractivity contribution in [3.8, 4) is 0 Å². The minimum absolute atomic E-state index is 0. The van der Waals surface area contributed by atoms with Crippen molar-refractivity contribution in [1.82, 2.24) is 20.3 Å². The number of hydrogen-bond acceptors (Lipinski definition) is 6. The first-order chi connectivity index (χ1) is 12.1. The fourth-order valence-electron chi connectivity index (χ4n) is 2.95. The number of carbonyl (C=O) groups excluding carboxylic acids is 2. The van der Waals surface area contributed by atoms with Crippen LogP contribution in [0.2, 0.25) is 0 Å². The summed E-state index contributed by atoms with van der Waals surface area (Å²) in [4.78, 5) is 23.9. The Kier molecular flexibility index (Phi) is 6.70. The van der Waals surface area contributed by atoms with Gasteiger partial charge in [0.2, 0.25) is 0 Å². The Morgan fingerprint density at radius 3 is 2.50 bits per heavy atom. The van der Waals surface area contributed by atoms with Gasteiger partial charge in [-0.05, 0) is 57.1 Å². The summed E-state index contributed by atoms with van der Waals surface area (Å²) in [5.41, 5.74) is 2.08. The van der Waals surface area contributed by atoms with Gasteiger partial charge >= 0.3 is 5.97 Å². The predicted molar refractivity (Wildman–Crippen MR) is 98.9 cm³/mol. The molecule has 0 saturated carbocycles. The molecule has 1 fully saturated rings. The second kappa shape index (κ2) is 8.77. The van der Waals surface area contributed by atoms with E-state index in [-0.39, 0.29) is 24.4 Å². The number of piperidine rings is 1. The van der Waals surface area contributed by atoms with Crippen molar-refractivity contribution in [1.29, 1.82) is 0 Å². The number of ether oxygens (including phenoxy) is 1. The van der Waals surface area contributed by atoms with Crippen LogP contribution in [0.4, 0.5) is 5.69 Å². The van der Waals surface area contributed by atoms with E-state index in [1.807, 2.05) is 11.6 Å². The van der Waals surface area contributed by atoms with Crippen molar-refractivity contribution in [2.45, 2.75) is 25.8 Å². The maximum absolute atomic E-state index is 12.5. The molecule has 1 aliphatic heterocycles. The molecule has 0 atom stereocenters. The number of benzene rings is 1. The molecule has 0 unspecified atom stereocenters. The first kappa shape index (κ1) is 19.9. The highest BCUT2D eigenvalue weighted by atomic mass is 35.5. The first-order valence-electron chi connectivity index (χ1n) is 8.22. The summed E-state index contributed by atoms with van der Waals surface area (Å²) in [6.45, 7) is 3.74. The van der Waals surface area contributed by atoms with Crippen molar-refractivity contribution >= 4 is 30.0 Å². The van der Waals surface area contributed by atoms with E-state index in [0.717, 1.165) is 31.6 Å². The van der Waals surface area contributed by atoms with E-state index in [1.54, 1.807) is 24.3 Å². The zero-order valence-corrected chi connectivity index (χ0v) is 15.5. The van der Waals surface area contributed by atoms with Crippen LogP contribution in [0, 0.1) is 6.92 Å². The molecule has 26 heavy (non-hydrogen) atoms. The quantitative estimate of drug-likeness (QED) is 0.788. The van der Waals surface area contributed by atoms with Crippen LogP contribution in [0.1, 0.15) is 45.4 Å². The Balaban J connectivity index is 0.00000243. The van der Waals surface area contributed by atoms with E-state index in [0.29, 0.717) is 16.9 Å². The van der Waals surface area contributed by atoms with Gasteiger partial charge in [-0.2, -0.15) is 0 Å². The molecule has 2 N–H and O–H groups in total. The molecule has 3 rings (SSSR count). The van der Waals surface area contributed by atoms with E-state index < -0.39 is 5.97 Å². The van der Waals surface area contributed by atoms with Gasteiger partial charge in [-0.1, -0.05) is 5.21 Å². The van der Waals surface area contributed by atoms with Crippen LogP contribution < -0.4 is 10.6 Å². The summed E-state index contributed by atoms with van der Waals surface area (Å²) in [5, 5.41) is 14.3. The lowest BCUT2D eigenvalue weighted by atomic mass is 10.1. The lowest BCUT2D eigenvalue weighted by Gasteiger charge is -2.23. The third kappa shape index (κ3) is 4.20. The van der Waals surface area contributed by atoms with Crippen LogP contribution in [0.5, 0.6) is 0 Å². The number of halogens is 1. The maximum atomic E-state index is 12.5. The molecule has 2 heterocycles. The number of carbonyl (C=O) groups is 2. The summed E-state index contributed by atoms with van der Waals surface area (Å²) >= 11 is 0. The lowest BCUT2D eigenvalue weighted by molar-refractivity contribution is 0.0600. The molecule has 2 aromatic rings. The van der Waals surface area contributed by atoms with E-state index in [9.17, 15) is 9.59 Å². The summed E-state index contributed by atoms with van der Waals surface area (Å²) in [5.74, 6) is -0.734. The topological polar surface area (TPSA) is 98.1 Å². The van der Waals surface area contributed by atoms with Crippen LogP contribution in [0.15, 0.2) is 24.3 Å². The molecule has 9 heteroatoms. The number of nitrogens with one attached hydrogen (secondary N) is 2. The average Bonchev–Trinajstić information content (AvgIpc) is 3.04. The molecule has 0 aliphatic carbocycles. The number of methoxy groups -OCH3 is 1. The molecule has 8 nitrogen and oxygen atoms in total. The molecular weight excluding hydrogens is 358 g/mol. The van der Waals surface area contributed by atoms with E-state index in [2.05, 4.69) is 25.7 Å². The van der Waals surface area contributed by atoms with Gasteiger partial charge in [-0.3, -0.25) is 4.79 Å².